The molecular weight excluding hydrogens is 499 g/mol. The minimum Gasteiger partial charge on any atom is -0.548 e. The van der Waals surface area contributed by atoms with Crippen molar-refractivity contribution in [2.75, 3.05) is 25.1 Å². The van der Waals surface area contributed by atoms with Gasteiger partial charge in [-0.15, -0.1) is 0 Å². The van der Waals surface area contributed by atoms with E-state index in [9.17, 15) is 14.7 Å². The molecule has 2 aromatic carbocycles. The van der Waals surface area contributed by atoms with Gasteiger partial charge in [0.05, 0.1) is 12.0 Å². The number of amides is 1. The Hall–Kier alpha value is -1.71. The van der Waals surface area contributed by atoms with E-state index in [0.717, 1.165) is 42.2 Å². The first kappa shape index (κ1) is 33.5. The molecule has 3 rings (SSSR count). The molecule has 0 aromatic heterocycles. The third-order valence-electron chi connectivity index (χ3n) is 7.78. The fourth-order valence-corrected chi connectivity index (χ4v) is 5.93. The predicted molar refractivity (Wildman–Crippen MR) is 157 cm³/mol. The first-order valence-electron chi connectivity index (χ1n) is 14.3. The summed E-state index contributed by atoms with van der Waals surface area (Å²) in [4.78, 5) is 27.6. The molecule has 1 aliphatic rings. The molecule has 0 saturated heterocycles. The molecule has 1 N–H and O–H groups in total. The summed E-state index contributed by atoms with van der Waals surface area (Å²) in [5, 5.41) is 14.4. The van der Waals surface area contributed by atoms with E-state index in [1.807, 2.05) is 49.6 Å². The number of carboxylic acid groups (broad SMARTS) is 1. The van der Waals surface area contributed by atoms with E-state index < -0.39 is 12.0 Å². The first-order chi connectivity index (χ1) is 18.4. The Morgan fingerprint density at radius 3 is 2.49 bits per heavy atom. The maximum absolute atomic E-state index is 13.4. The number of thioether (sulfide) groups is 1. The van der Waals surface area contributed by atoms with Crippen molar-refractivity contribution in [3.05, 3.63) is 59.2 Å². The molecule has 1 saturated carbocycles. The second-order valence-corrected chi connectivity index (χ2v) is 11.7. The fraction of sp³-hybridized carbons (Fsp3) is 0.562. The summed E-state index contributed by atoms with van der Waals surface area (Å²) in [6.45, 7) is 7.32. The van der Waals surface area contributed by atoms with Crippen molar-refractivity contribution in [3.8, 4) is 11.1 Å². The van der Waals surface area contributed by atoms with Crippen LogP contribution in [0.2, 0.25) is 0 Å². The number of carboxylic acids is 1. The van der Waals surface area contributed by atoms with Gasteiger partial charge in [-0.25, -0.2) is 0 Å². The molecular formula is C32H45LiN2O3S. The van der Waals surface area contributed by atoms with E-state index >= 15 is 0 Å². The van der Waals surface area contributed by atoms with E-state index in [2.05, 4.69) is 23.2 Å². The van der Waals surface area contributed by atoms with Gasteiger partial charge in [0.2, 0.25) is 0 Å². The van der Waals surface area contributed by atoms with Gasteiger partial charge in [-0.3, -0.25) is 9.69 Å². The van der Waals surface area contributed by atoms with Gasteiger partial charge in [-0.05, 0) is 91.6 Å². The Kier molecular flexibility index (Phi) is 15.3. The minimum absolute atomic E-state index is 0. The quantitative estimate of drug-likeness (QED) is 0.349. The standard InChI is InChI=1S/C32H46N2O3S.Li/c1-4-5-19-34(20-17-25-12-7-6-8-13-25)23-26-15-16-28(29(22-26)27-14-10-9-11-24(27)2)31(35)33-30(32(36)37)18-21-38-3;/h9-11,14-16,22,25,30H,4-8,12-13,17-21,23H2,1-3H3,(H,33,35)(H,36,37);/q;+1/p-1/t30-;/m0./s1. The van der Waals surface area contributed by atoms with Gasteiger partial charge in [0.15, 0.2) is 0 Å². The van der Waals surface area contributed by atoms with E-state index in [-0.39, 0.29) is 24.8 Å². The van der Waals surface area contributed by atoms with Crippen LogP contribution in [0.4, 0.5) is 0 Å². The van der Waals surface area contributed by atoms with Crippen LogP contribution in [0.1, 0.15) is 86.2 Å². The monoisotopic (exact) mass is 544 g/mol. The molecule has 1 amide bonds. The zero-order chi connectivity index (χ0) is 27.3. The molecule has 5 nitrogen and oxygen atoms in total. The minimum atomic E-state index is -1.24. The summed E-state index contributed by atoms with van der Waals surface area (Å²) in [7, 11) is 0. The van der Waals surface area contributed by atoms with Crippen LogP contribution in [-0.2, 0) is 11.3 Å². The molecule has 0 spiro atoms. The molecule has 1 atom stereocenters. The third-order valence-corrected chi connectivity index (χ3v) is 8.42. The van der Waals surface area contributed by atoms with E-state index in [4.69, 9.17) is 0 Å². The zero-order valence-corrected chi connectivity index (χ0v) is 25.3. The van der Waals surface area contributed by atoms with Crippen molar-refractivity contribution in [2.45, 2.75) is 84.2 Å². The van der Waals surface area contributed by atoms with Gasteiger partial charge < -0.3 is 15.2 Å². The second-order valence-electron chi connectivity index (χ2n) is 10.7. The number of rotatable bonds is 15. The number of nitrogens with zero attached hydrogens (tertiary/aromatic N) is 1. The summed E-state index contributed by atoms with van der Waals surface area (Å²) >= 11 is 1.55. The van der Waals surface area contributed by atoms with Crippen molar-refractivity contribution in [1.29, 1.82) is 0 Å². The smallest absolute Gasteiger partial charge is 0.548 e. The van der Waals surface area contributed by atoms with Crippen LogP contribution in [0.15, 0.2) is 42.5 Å². The topological polar surface area (TPSA) is 72.5 Å². The number of carbonyl (C=O) groups excluding carboxylic acids is 2. The van der Waals surface area contributed by atoms with Crippen LogP contribution in [0.3, 0.4) is 0 Å². The van der Waals surface area contributed by atoms with Crippen LogP contribution < -0.4 is 29.3 Å². The predicted octanol–water partition coefficient (Wildman–Crippen LogP) is 2.84. The molecule has 0 radical (unpaired) electrons. The number of carbonyl (C=O) groups is 2. The summed E-state index contributed by atoms with van der Waals surface area (Å²) in [5.41, 5.74) is 4.61. The second kappa shape index (κ2) is 17.9. The summed E-state index contributed by atoms with van der Waals surface area (Å²) in [6, 6.07) is 13.1. The van der Waals surface area contributed by atoms with Crippen molar-refractivity contribution in [1.82, 2.24) is 10.2 Å². The van der Waals surface area contributed by atoms with Crippen molar-refractivity contribution in [2.24, 2.45) is 5.92 Å². The summed E-state index contributed by atoms with van der Waals surface area (Å²) < 4.78 is 0. The van der Waals surface area contributed by atoms with Gasteiger partial charge in [0.25, 0.3) is 5.91 Å². The SMILES string of the molecule is CCCCN(CCC1CCCCC1)Cc1ccc(C(=O)N[C@@H](CCSC)C(=O)[O-])c(-c2ccccc2C)c1.[Li+]. The fourth-order valence-electron chi connectivity index (χ4n) is 5.46. The number of hydrogen-bond acceptors (Lipinski definition) is 5. The molecule has 0 bridgehead atoms. The summed E-state index contributed by atoms with van der Waals surface area (Å²) in [5.74, 6) is -0.128. The van der Waals surface area contributed by atoms with Crippen molar-refractivity contribution < 1.29 is 33.6 Å². The van der Waals surface area contributed by atoms with Crippen LogP contribution in [0.25, 0.3) is 11.1 Å². The Morgan fingerprint density at radius 2 is 1.82 bits per heavy atom. The van der Waals surface area contributed by atoms with Crippen LogP contribution in [0.5, 0.6) is 0 Å². The Morgan fingerprint density at radius 1 is 1.08 bits per heavy atom. The van der Waals surface area contributed by atoms with E-state index in [1.165, 1.54) is 56.9 Å². The van der Waals surface area contributed by atoms with E-state index in [0.29, 0.717) is 17.7 Å². The largest absolute Gasteiger partial charge is 1.00 e. The van der Waals surface area contributed by atoms with Crippen molar-refractivity contribution >= 4 is 23.6 Å². The molecule has 208 valence electrons. The average Bonchev–Trinajstić information content (AvgIpc) is 2.93. The summed E-state index contributed by atoms with van der Waals surface area (Å²) in [6.07, 6.45) is 12.7. The zero-order valence-electron chi connectivity index (χ0n) is 24.5. The average molecular weight is 545 g/mol. The Labute approximate surface area is 252 Å². The van der Waals surface area contributed by atoms with Gasteiger partial charge in [-0.2, -0.15) is 11.8 Å². The van der Waals surface area contributed by atoms with E-state index in [1.54, 1.807) is 11.8 Å². The number of hydrogen-bond donors (Lipinski definition) is 1. The molecule has 7 heteroatoms. The molecule has 0 heterocycles. The van der Waals surface area contributed by atoms with Gasteiger partial charge >= 0.3 is 18.9 Å². The first-order valence-corrected chi connectivity index (χ1v) is 15.7. The number of aryl methyl sites for hydroxylation is 1. The molecule has 1 fully saturated rings. The van der Waals surface area contributed by atoms with Gasteiger partial charge in [0.1, 0.15) is 0 Å². The van der Waals surface area contributed by atoms with Gasteiger partial charge in [-0.1, -0.05) is 75.8 Å². The Balaban J connectivity index is 0.00000533. The molecule has 2 aromatic rings. The molecule has 39 heavy (non-hydrogen) atoms. The maximum atomic E-state index is 13.4. The van der Waals surface area contributed by atoms with Crippen LogP contribution in [0, 0.1) is 12.8 Å². The number of benzene rings is 2. The van der Waals surface area contributed by atoms with Crippen LogP contribution in [-0.4, -0.2) is 47.9 Å². The molecule has 0 unspecified atom stereocenters. The normalized spacial score (nSPS) is 14.6. The maximum Gasteiger partial charge on any atom is 1.00 e. The molecule has 1 aliphatic carbocycles. The number of unbranched alkanes of at least 4 members (excludes halogenated alkanes) is 1. The van der Waals surface area contributed by atoms with Crippen LogP contribution >= 0.6 is 11.8 Å². The number of aliphatic carboxylic acids is 1. The Bertz CT molecular complexity index is 1040. The van der Waals surface area contributed by atoms with Gasteiger partial charge in [0, 0.05) is 12.1 Å². The third kappa shape index (κ3) is 10.7. The van der Waals surface area contributed by atoms with Crippen molar-refractivity contribution in [3.63, 3.8) is 0 Å². The molecule has 0 aliphatic heterocycles. The number of nitrogens with one attached hydrogen (secondary N) is 1.